The zero-order valence-electron chi connectivity index (χ0n) is 25.7. The first kappa shape index (κ1) is 34.3. The number of hydrogen-bond acceptors (Lipinski definition) is 2. The molecule has 0 aliphatic heterocycles. The molecule has 1 fully saturated rings. The van der Waals surface area contributed by atoms with Crippen molar-refractivity contribution in [1.29, 1.82) is 0 Å². The lowest BCUT2D eigenvalue weighted by Crippen LogP contribution is -2.25. The average molecular weight is 663 g/mol. The Kier molecular flexibility index (Phi) is 10.8. The van der Waals surface area contributed by atoms with Crippen LogP contribution < -0.4 is 9.47 Å². The predicted octanol–water partition coefficient (Wildman–Crippen LogP) is 12.0. The molecule has 1 aliphatic rings. The van der Waals surface area contributed by atoms with Gasteiger partial charge in [0.1, 0.15) is 34.6 Å². The number of benzene rings is 4. The SMILES string of the molecule is CCCCCC1CCC(c2ccc(-c3cc(F)c(C(F)(F)Oc4ccc(-c5ccc(OCF)c(F)c5)c(F)c4)c(F)c3)c(F)c2)CC1. The third-order valence-corrected chi connectivity index (χ3v) is 8.81. The molecule has 4 aromatic carbocycles. The zero-order chi connectivity index (χ0) is 33.7. The first-order chi connectivity index (χ1) is 22.5. The van der Waals surface area contributed by atoms with Crippen LogP contribution in [0, 0.1) is 35.0 Å². The van der Waals surface area contributed by atoms with Gasteiger partial charge in [-0.15, -0.1) is 0 Å². The van der Waals surface area contributed by atoms with Crippen molar-refractivity contribution in [2.45, 2.75) is 70.3 Å². The lowest BCUT2D eigenvalue weighted by molar-refractivity contribution is -0.189. The van der Waals surface area contributed by atoms with E-state index in [0.29, 0.717) is 24.1 Å². The van der Waals surface area contributed by atoms with Gasteiger partial charge >= 0.3 is 6.11 Å². The summed E-state index contributed by atoms with van der Waals surface area (Å²) in [6, 6.07) is 11.3. The van der Waals surface area contributed by atoms with Gasteiger partial charge in [-0.1, -0.05) is 50.8 Å². The van der Waals surface area contributed by atoms with E-state index in [4.69, 9.17) is 0 Å². The van der Waals surface area contributed by atoms with Gasteiger partial charge < -0.3 is 9.47 Å². The van der Waals surface area contributed by atoms with Crippen molar-refractivity contribution in [1.82, 2.24) is 0 Å². The molecule has 250 valence electrons. The molecule has 0 saturated heterocycles. The number of ether oxygens (including phenoxy) is 2. The van der Waals surface area contributed by atoms with Gasteiger partial charge in [-0.25, -0.2) is 26.3 Å². The van der Waals surface area contributed by atoms with Crippen molar-refractivity contribution in [3.63, 3.8) is 0 Å². The van der Waals surface area contributed by atoms with Gasteiger partial charge in [0, 0.05) is 17.2 Å². The highest BCUT2D eigenvalue weighted by Gasteiger charge is 2.41. The number of alkyl halides is 3. The molecule has 0 bridgehead atoms. The molecule has 0 radical (unpaired) electrons. The standard InChI is InChI=1S/C37H34F8O2/c1-2-3-4-5-22-6-8-23(9-7-22)24-10-13-29(30(39)16-24)26-18-33(42)36(34(43)19-26)37(44,45)47-27-12-14-28(31(40)20-27)25-11-15-35(46-21-38)32(41)17-25/h10-20,22-23H,2-9,21H2,1H3. The second-order valence-corrected chi connectivity index (χ2v) is 11.9. The van der Waals surface area contributed by atoms with Crippen LogP contribution in [-0.4, -0.2) is 6.86 Å². The summed E-state index contributed by atoms with van der Waals surface area (Å²) in [6.45, 7) is 0.893. The van der Waals surface area contributed by atoms with Gasteiger partial charge in [0.25, 0.3) is 0 Å². The van der Waals surface area contributed by atoms with Crippen LogP contribution in [0.1, 0.15) is 75.3 Å². The Morgan fingerprint density at radius 1 is 0.681 bits per heavy atom. The summed E-state index contributed by atoms with van der Waals surface area (Å²) in [4.78, 5) is 0. The van der Waals surface area contributed by atoms with Gasteiger partial charge in [-0.2, -0.15) is 8.78 Å². The largest absolute Gasteiger partial charge is 0.460 e. The second-order valence-electron chi connectivity index (χ2n) is 11.9. The van der Waals surface area contributed by atoms with E-state index in [1.807, 2.05) is 0 Å². The summed E-state index contributed by atoms with van der Waals surface area (Å²) in [5.41, 5.74) is -1.58. The Labute approximate surface area is 268 Å². The van der Waals surface area contributed by atoms with Crippen LogP contribution in [0.3, 0.4) is 0 Å². The number of rotatable bonds is 12. The highest BCUT2D eigenvalue weighted by Crippen LogP contribution is 2.41. The summed E-state index contributed by atoms with van der Waals surface area (Å²) in [5.74, 6) is -6.50. The minimum absolute atomic E-state index is 0.0114. The maximum absolute atomic E-state index is 15.2. The average Bonchev–Trinajstić information content (AvgIpc) is 3.02. The van der Waals surface area contributed by atoms with Crippen molar-refractivity contribution in [2.75, 3.05) is 6.86 Å². The predicted molar refractivity (Wildman–Crippen MR) is 164 cm³/mol. The minimum atomic E-state index is -4.59. The Balaban J connectivity index is 1.30. The lowest BCUT2D eigenvalue weighted by Gasteiger charge is -2.29. The van der Waals surface area contributed by atoms with E-state index in [1.165, 1.54) is 43.9 Å². The third-order valence-electron chi connectivity index (χ3n) is 8.81. The Hall–Kier alpha value is -4.08. The lowest BCUT2D eigenvalue weighted by atomic mass is 9.77. The summed E-state index contributed by atoms with van der Waals surface area (Å²) in [7, 11) is 0. The van der Waals surface area contributed by atoms with Crippen LogP contribution in [0.4, 0.5) is 35.1 Å². The van der Waals surface area contributed by atoms with E-state index in [1.54, 1.807) is 6.07 Å². The van der Waals surface area contributed by atoms with E-state index in [2.05, 4.69) is 16.4 Å². The molecule has 0 spiro atoms. The first-order valence-corrected chi connectivity index (χ1v) is 15.6. The monoisotopic (exact) mass is 662 g/mol. The molecule has 2 nitrogen and oxygen atoms in total. The Bertz CT molecular complexity index is 1680. The molecule has 10 heteroatoms. The second kappa shape index (κ2) is 14.8. The maximum Gasteiger partial charge on any atom is 0.432 e. The van der Waals surface area contributed by atoms with Gasteiger partial charge in [0.2, 0.25) is 6.86 Å². The molecule has 0 amide bonds. The van der Waals surface area contributed by atoms with E-state index in [-0.39, 0.29) is 28.2 Å². The fourth-order valence-corrected chi connectivity index (χ4v) is 6.33. The van der Waals surface area contributed by atoms with Crippen molar-refractivity contribution in [2.24, 2.45) is 5.92 Å². The normalized spacial score (nSPS) is 16.7. The summed E-state index contributed by atoms with van der Waals surface area (Å²) in [5, 5.41) is 0. The van der Waals surface area contributed by atoms with Crippen molar-refractivity contribution < 1.29 is 44.6 Å². The molecule has 0 N–H and O–H groups in total. The van der Waals surface area contributed by atoms with Crippen LogP contribution >= 0.6 is 0 Å². The minimum Gasteiger partial charge on any atom is -0.460 e. The molecule has 0 aromatic heterocycles. The molecule has 1 saturated carbocycles. The summed E-state index contributed by atoms with van der Waals surface area (Å²) in [6.07, 6.45) is 4.20. The van der Waals surface area contributed by atoms with Crippen molar-refractivity contribution in [3.05, 3.63) is 107 Å². The molecular formula is C37H34F8O2. The van der Waals surface area contributed by atoms with Crippen LogP contribution in [0.2, 0.25) is 0 Å². The quantitative estimate of drug-likeness (QED) is 0.111. The fraction of sp³-hybridized carbons (Fsp3) is 0.351. The van der Waals surface area contributed by atoms with Gasteiger partial charge in [-0.05, 0) is 96.7 Å². The van der Waals surface area contributed by atoms with Crippen molar-refractivity contribution in [3.8, 4) is 33.8 Å². The summed E-state index contributed by atoms with van der Waals surface area (Å²) < 4.78 is 126. The number of halogens is 8. The smallest absolute Gasteiger partial charge is 0.432 e. The zero-order valence-corrected chi connectivity index (χ0v) is 25.7. The van der Waals surface area contributed by atoms with E-state index < -0.39 is 59.1 Å². The highest BCUT2D eigenvalue weighted by molar-refractivity contribution is 5.67. The van der Waals surface area contributed by atoms with Gasteiger partial charge in [0.05, 0.1) is 0 Å². The van der Waals surface area contributed by atoms with Gasteiger partial charge in [-0.3, -0.25) is 0 Å². The van der Waals surface area contributed by atoms with E-state index in [9.17, 15) is 13.2 Å². The summed E-state index contributed by atoms with van der Waals surface area (Å²) >= 11 is 0. The van der Waals surface area contributed by atoms with Crippen LogP contribution in [0.5, 0.6) is 11.5 Å². The Morgan fingerprint density at radius 2 is 1.32 bits per heavy atom. The molecule has 4 aromatic rings. The topological polar surface area (TPSA) is 18.5 Å². The molecule has 1 aliphatic carbocycles. The third kappa shape index (κ3) is 7.91. The molecular weight excluding hydrogens is 628 g/mol. The van der Waals surface area contributed by atoms with Crippen molar-refractivity contribution >= 4 is 0 Å². The Morgan fingerprint density at radius 3 is 1.94 bits per heavy atom. The molecule has 0 unspecified atom stereocenters. The van der Waals surface area contributed by atoms with Gasteiger partial charge in [0.15, 0.2) is 11.6 Å². The van der Waals surface area contributed by atoms with E-state index >= 15 is 22.0 Å². The first-order valence-electron chi connectivity index (χ1n) is 15.6. The van der Waals surface area contributed by atoms with Crippen LogP contribution in [0.25, 0.3) is 22.3 Å². The van der Waals surface area contributed by atoms with Crippen LogP contribution in [0.15, 0.2) is 66.7 Å². The number of hydrogen-bond donors (Lipinski definition) is 0. The fourth-order valence-electron chi connectivity index (χ4n) is 6.33. The molecule has 5 rings (SSSR count). The highest BCUT2D eigenvalue weighted by atomic mass is 19.3. The van der Waals surface area contributed by atoms with E-state index in [0.717, 1.165) is 55.5 Å². The number of unbranched alkanes of at least 4 members (excludes halogenated alkanes) is 2. The molecule has 0 atom stereocenters. The molecule has 0 heterocycles. The maximum atomic E-state index is 15.2. The van der Waals surface area contributed by atoms with Crippen LogP contribution in [-0.2, 0) is 6.11 Å². The molecule has 47 heavy (non-hydrogen) atoms.